The molecule has 1 aromatic heterocycles. The Morgan fingerprint density at radius 2 is 1.78 bits per heavy atom. The van der Waals surface area contributed by atoms with Crippen molar-refractivity contribution in [2.24, 2.45) is 22.9 Å². The number of rotatable bonds is 8. The summed E-state index contributed by atoms with van der Waals surface area (Å²) in [5, 5.41) is 15.9. The molecule has 0 saturated carbocycles. The minimum atomic E-state index is -0.968. The number of carbonyl (C=O) groups is 2. The van der Waals surface area contributed by atoms with Gasteiger partial charge in [-0.05, 0) is 25.9 Å². The number of aliphatic carboxylic acids is 2. The number of hydrogen-bond acceptors (Lipinski definition) is 7. The Hall–Kier alpha value is -2.01. The van der Waals surface area contributed by atoms with Crippen molar-refractivity contribution in [2.45, 2.75) is 31.7 Å². The van der Waals surface area contributed by atoms with E-state index in [0.717, 1.165) is 25.0 Å². The summed E-state index contributed by atoms with van der Waals surface area (Å²) in [6.07, 6.45) is 6.50. The smallest absolute Gasteiger partial charge is 0.320 e. The number of aromatic nitrogens is 2. The highest BCUT2D eigenvalue weighted by Gasteiger charge is 2.09. The van der Waals surface area contributed by atoms with E-state index in [9.17, 15) is 9.59 Å². The van der Waals surface area contributed by atoms with Gasteiger partial charge in [0.15, 0.2) is 0 Å². The molecule has 0 amide bonds. The summed E-state index contributed by atoms with van der Waals surface area (Å²) in [5.41, 5.74) is 21.4. The lowest BCUT2D eigenvalue weighted by atomic mass is 10.1. The minimum absolute atomic E-state index is 0.278. The maximum atomic E-state index is 10.1. The lowest BCUT2D eigenvalue weighted by molar-refractivity contribution is -0.138. The van der Waals surface area contributed by atoms with Gasteiger partial charge in [0.05, 0.1) is 12.9 Å². The molecule has 0 aliphatic carbocycles. The highest BCUT2D eigenvalue weighted by molar-refractivity contribution is 5.72. The quantitative estimate of drug-likeness (QED) is 0.275. The van der Waals surface area contributed by atoms with E-state index in [4.69, 9.17) is 27.4 Å². The number of unbranched alkanes of at least 4 members (excludes halogenated alkanes) is 1. The van der Waals surface area contributed by atoms with Gasteiger partial charge in [0, 0.05) is 18.3 Å². The van der Waals surface area contributed by atoms with Crippen LogP contribution in [0.1, 0.15) is 25.0 Å². The van der Waals surface area contributed by atoms with Crippen LogP contribution in [0.15, 0.2) is 12.5 Å². The molecule has 0 aliphatic heterocycles. The fraction of sp³-hybridized carbons (Fsp3) is 0.615. The van der Waals surface area contributed by atoms with Gasteiger partial charge in [0.25, 0.3) is 0 Å². The van der Waals surface area contributed by atoms with Gasteiger partial charge in [-0.1, -0.05) is 6.42 Å². The molecule has 1 rings (SSSR count). The SMILES string of the molecule is NCC(=O)O.NCCCC[C@H](N)C(=O)O.NCCc1cnc[nH]1. The number of nitrogens with two attached hydrogens (primary N) is 4. The molecule has 23 heavy (non-hydrogen) atoms. The van der Waals surface area contributed by atoms with Crippen molar-refractivity contribution in [1.29, 1.82) is 0 Å². The summed E-state index contributed by atoms with van der Waals surface area (Å²) in [4.78, 5) is 26.2. The number of imidazole rings is 1. The van der Waals surface area contributed by atoms with Crippen LogP contribution in [0.5, 0.6) is 0 Å². The Morgan fingerprint density at radius 1 is 1.17 bits per heavy atom. The Bertz CT molecular complexity index is 399. The highest BCUT2D eigenvalue weighted by atomic mass is 16.4. The molecule has 1 atom stereocenters. The van der Waals surface area contributed by atoms with Gasteiger partial charge in [0.2, 0.25) is 0 Å². The minimum Gasteiger partial charge on any atom is -0.480 e. The summed E-state index contributed by atoms with van der Waals surface area (Å²) in [6, 6.07) is -0.716. The van der Waals surface area contributed by atoms with Crippen molar-refractivity contribution < 1.29 is 19.8 Å². The van der Waals surface area contributed by atoms with E-state index in [1.54, 1.807) is 12.5 Å². The zero-order chi connectivity index (χ0) is 18.1. The largest absolute Gasteiger partial charge is 0.480 e. The summed E-state index contributed by atoms with van der Waals surface area (Å²) in [7, 11) is 0. The molecule has 0 bridgehead atoms. The Labute approximate surface area is 135 Å². The molecule has 1 aromatic rings. The summed E-state index contributed by atoms with van der Waals surface area (Å²) in [5.74, 6) is -1.90. The van der Waals surface area contributed by atoms with Gasteiger partial charge in [-0.2, -0.15) is 0 Å². The van der Waals surface area contributed by atoms with Gasteiger partial charge in [-0.25, -0.2) is 4.98 Å². The highest BCUT2D eigenvalue weighted by Crippen LogP contribution is 1.96. The number of H-pyrrole nitrogens is 1. The molecule has 10 nitrogen and oxygen atoms in total. The van der Waals surface area contributed by atoms with Crippen LogP contribution in [0.3, 0.4) is 0 Å². The van der Waals surface area contributed by atoms with Gasteiger partial charge in [-0.3, -0.25) is 9.59 Å². The van der Waals surface area contributed by atoms with E-state index in [-0.39, 0.29) is 6.54 Å². The molecule has 0 fully saturated rings. The van der Waals surface area contributed by atoms with Crippen LogP contribution in [-0.4, -0.2) is 57.8 Å². The molecule has 1 heterocycles. The topological polar surface area (TPSA) is 207 Å². The second kappa shape index (κ2) is 16.4. The molecule has 0 unspecified atom stereocenters. The van der Waals surface area contributed by atoms with Crippen LogP contribution < -0.4 is 22.9 Å². The molecule has 11 N–H and O–H groups in total. The van der Waals surface area contributed by atoms with Gasteiger partial charge in [-0.15, -0.1) is 0 Å². The summed E-state index contributed by atoms with van der Waals surface area (Å²) < 4.78 is 0. The molecular formula is C13H28N6O4. The average molecular weight is 332 g/mol. The van der Waals surface area contributed by atoms with Crippen LogP contribution >= 0.6 is 0 Å². The normalized spacial score (nSPS) is 10.6. The van der Waals surface area contributed by atoms with Crippen molar-refractivity contribution in [3.63, 3.8) is 0 Å². The predicted octanol–water partition coefficient (Wildman–Crippen LogP) is -1.53. The summed E-state index contributed by atoms with van der Waals surface area (Å²) >= 11 is 0. The van der Waals surface area contributed by atoms with E-state index in [0.29, 0.717) is 19.5 Å². The molecular weight excluding hydrogens is 304 g/mol. The van der Waals surface area contributed by atoms with Crippen molar-refractivity contribution >= 4 is 11.9 Å². The molecule has 134 valence electrons. The van der Waals surface area contributed by atoms with Crippen LogP contribution in [0, 0.1) is 0 Å². The van der Waals surface area contributed by atoms with Crippen molar-refractivity contribution in [3.8, 4) is 0 Å². The van der Waals surface area contributed by atoms with Crippen LogP contribution in [0.25, 0.3) is 0 Å². The van der Waals surface area contributed by atoms with Crippen LogP contribution in [-0.2, 0) is 16.0 Å². The van der Waals surface area contributed by atoms with E-state index < -0.39 is 18.0 Å². The molecule has 0 radical (unpaired) electrons. The Balaban J connectivity index is 0. The first-order chi connectivity index (χ1) is 10.9. The number of nitrogens with zero attached hydrogens (tertiary/aromatic N) is 1. The maximum Gasteiger partial charge on any atom is 0.320 e. The van der Waals surface area contributed by atoms with Gasteiger partial charge in [0.1, 0.15) is 6.04 Å². The Kier molecular flexibility index (Phi) is 16.5. The van der Waals surface area contributed by atoms with Crippen molar-refractivity contribution in [3.05, 3.63) is 18.2 Å². The maximum absolute atomic E-state index is 10.1. The second-order valence-corrected chi connectivity index (χ2v) is 4.44. The number of aromatic amines is 1. The van der Waals surface area contributed by atoms with Gasteiger partial charge < -0.3 is 38.1 Å². The van der Waals surface area contributed by atoms with E-state index in [2.05, 4.69) is 15.7 Å². The first kappa shape index (κ1) is 23.3. The van der Waals surface area contributed by atoms with Crippen LogP contribution in [0.2, 0.25) is 0 Å². The van der Waals surface area contributed by atoms with Gasteiger partial charge >= 0.3 is 11.9 Å². The monoisotopic (exact) mass is 332 g/mol. The lowest BCUT2D eigenvalue weighted by Gasteiger charge is -2.03. The van der Waals surface area contributed by atoms with Crippen molar-refractivity contribution in [1.82, 2.24) is 9.97 Å². The first-order valence-electron chi connectivity index (χ1n) is 7.16. The fourth-order valence-corrected chi connectivity index (χ4v) is 1.21. The predicted molar refractivity (Wildman–Crippen MR) is 86.6 cm³/mol. The molecule has 0 aromatic carbocycles. The molecule has 0 aliphatic rings. The lowest BCUT2D eigenvalue weighted by Crippen LogP contribution is -2.29. The standard InChI is InChI=1S/C6H14N2O2.C5H9N3.C2H5NO2/c7-4-2-1-3-5(8)6(9)10;6-2-1-5-3-7-4-8-5;3-1-2(4)5/h5H,1-4,7-8H2,(H,9,10);3-4H,1-2,6H2,(H,7,8);1,3H2,(H,4,5)/t5-;;/m0../s1. The van der Waals surface area contributed by atoms with E-state index in [1.165, 1.54) is 0 Å². The van der Waals surface area contributed by atoms with E-state index in [1.807, 2.05) is 0 Å². The number of carboxylic acids is 2. The zero-order valence-electron chi connectivity index (χ0n) is 13.1. The molecule has 10 heteroatoms. The second-order valence-electron chi connectivity index (χ2n) is 4.44. The third kappa shape index (κ3) is 17.9. The number of carboxylic acid groups (broad SMARTS) is 2. The van der Waals surface area contributed by atoms with Crippen molar-refractivity contribution in [2.75, 3.05) is 19.6 Å². The first-order valence-corrected chi connectivity index (χ1v) is 7.16. The summed E-state index contributed by atoms with van der Waals surface area (Å²) in [6.45, 7) is 1.01. The number of hydrogen-bond donors (Lipinski definition) is 7. The zero-order valence-corrected chi connectivity index (χ0v) is 13.1. The molecule has 0 spiro atoms. The fourth-order valence-electron chi connectivity index (χ4n) is 1.21. The third-order valence-electron chi connectivity index (χ3n) is 2.43. The number of nitrogens with one attached hydrogen (secondary N) is 1. The average Bonchev–Trinajstić information content (AvgIpc) is 3.02. The van der Waals surface area contributed by atoms with E-state index >= 15 is 0 Å². The molecule has 0 saturated heterocycles. The van der Waals surface area contributed by atoms with Crippen LogP contribution in [0.4, 0.5) is 0 Å². The third-order valence-corrected chi connectivity index (χ3v) is 2.43. The Morgan fingerprint density at radius 3 is 2.13 bits per heavy atom.